The maximum absolute atomic E-state index is 12.5. The fraction of sp³-hybridized carbons (Fsp3) is 0.357. The van der Waals surface area contributed by atoms with Gasteiger partial charge in [-0.3, -0.25) is 0 Å². The Kier molecular flexibility index (Phi) is 6.54. The lowest BCUT2D eigenvalue weighted by atomic mass is 10.2. The Balaban J connectivity index is 3.24. The van der Waals surface area contributed by atoms with Crippen molar-refractivity contribution < 1.29 is 23.1 Å². The Morgan fingerprint density at radius 3 is 2.73 bits per heavy atom. The van der Waals surface area contributed by atoms with Crippen LogP contribution >= 0.6 is 0 Å². The molecule has 8 heteroatoms. The van der Waals surface area contributed by atoms with Crippen LogP contribution in [0, 0.1) is 0 Å². The van der Waals surface area contributed by atoms with Crippen molar-refractivity contribution in [2.24, 2.45) is 0 Å². The lowest BCUT2D eigenvalue weighted by Gasteiger charge is -2.16. The van der Waals surface area contributed by atoms with Crippen molar-refractivity contribution in [3.63, 3.8) is 0 Å². The number of rotatable bonds is 9. The predicted octanol–water partition coefficient (Wildman–Crippen LogP) is 1.30. The fourth-order valence-electron chi connectivity index (χ4n) is 1.82. The molecule has 1 rings (SSSR count). The van der Waals surface area contributed by atoms with Gasteiger partial charge in [0.15, 0.2) is 0 Å². The summed E-state index contributed by atoms with van der Waals surface area (Å²) < 4.78 is 32.2. The number of anilines is 1. The molecule has 0 unspecified atom stereocenters. The third kappa shape index (κ3) is 4.83. The average Bonchev–Trinajstić information content (AvgIpc) is 2.44. The Morgan fingerprint density at radius 2 is 2.18 bits per heavy atom. The summed E-state index contributed by atoms with van der Waals surface area (Å²) in [6.45, 7) is 5.75. The van der Waals surface area contributed by atoms with Gasteiger partial charge in [0.2, 0.25) is 10.0 Å². The van der Waals surface area contributed by atoms with E-state index < -0.39 is 22.0 Å². The number of hydrogen-bond acceptors (Lipinski definition) is 5. The van der Waals surface area contributed by atoms with E-state index in [9.17, 15) is 13.2 Å². The molecule has 0 bridgehead atoms. The average molecular weight is 328 g/mol. The monoisotopic (exact) mass is 328 g/mol. The zero-order valence-electron chi connectivity index (χ0n) is 12.5. The molecule has 0 spiro atoms. The van der Waals surface area contributed by atoms with Crippen LogP contribution in [0.25, 0.3) is 0 Å². The minimum Gasteiger partial charge on any atom is -0.478 e. The highest BCUT2D eigenvalue weighted by Crippen LogP contribution is 2.23. The zero-order chi connectivity index (χ0) is 16.8. The van der Waals surface area contributed by atoms with Gasteiger partial charge in [0.1, 0.15) is 4.90 Å². The molecule has 1 aromatic rings. The van der Waals surface area contributed by atoms with Crippen LogP contribution in [0.1, 0.15) is 17.3 Å². The Hall–Kier alpha value is -1.90. The van der Waals surface area contributed by atoms with Gasteiger partial charge in [0, 0.05) is 19.7 Å². The molecule has 0 aliphatic carbocycles. The van der Waals surface area contributed by atoms with Crippen LogP contribution in [0.2, 0.25) is 0 Å². The van der Waals surface area contributed by atoms with E-state index >= 15 is 0 Å². The van der Waals surface area contributed by atoms with E-state index in [1.54, 1.807) is 13.0 Å². The molecule has 0 saturated heterocycles. The smallest absolute Gasteiger partial charge is 0.335 e. The van der Waals surface area contributed by atoms with Crippen LogP contribution in [-0.4, -0.2) is 45.8 Å². The van der Waals surface area contributed by atoms with Crippen LogP contribution < -0.4 is 10.0 Å². The first-order chi connectivity index (χ1) is 10.3. The van der Waals surface area contributed by atoms with Gasteiger partial charge < -0.3 is 15.2 Å². The van der Waals surface area contributed by atoms with Crippen LogP contribution in [0.5, 0.6) is 0 Å². The molecule has 122 valence electrons. The molecule has 0 aliphatic rings. The number of benzene rings is 1. The second-order valence-electron chi connectivity index (χ2n) is 4.66. The second-order valence-corrected chi connectivity index (χ2v) is 6.35. The number of carboxylic acid groups (broad SMARTS) is 1. The molecule has 0 fully saturated rings. The molecule has 0 saturated carbocycles. The molecular formula is C14H20N2O5S. The van der Waals surface area contributed by atoms with Crippen LogP contribution in [0.15, 0.2) is 35.7 Å². The van der Waals surface area contributed by atoms with Gasteiger partial charge in [0.25, 0.3) is 0 Å². The van der Waals surface area contributed by atoms with Crippen molar-refractivity contribution in [1.29, 1.82) is 0 Å². The Bertz CT molecular complexity index is 643. The van der Waals surface area contributed by atoms with Gasteiger partial charge in [-0.05, 0) is 25.1 Å². The predicted molar refractivity (Wildman–Crippen MR) is 83.7 cm³/mol. The van der Waals surface area contributed by atoms with Crippen molar-refractivity contribution >= 4 is 21.7 Å². The zero-order valence-corrected chi connectivity index (χ0v) is 13.3. The first-order valence-corrected chi connectivity index (χ1v) is 8.03. The summed E-state index contributed by atoms with van der Waals surface area (Å²) in [6, 6.07) is 3.43. The summed E-state index contributed by atoms with van der Waals surface area (Å²) in [5.41, 5.74) is 0.200. The summed E-state index contributed by atoms with van der Waals surface area (Å²) >= 11 is 0. The van der Waals surface area contributed by atoms with Crippen molar-refractivity contribution in [3.8, 4) is 0 Å². The highest BCUT2D eigenvalue weighted by molar-refractivity contribution is 7.89. The van der Waals surface area contributed by atoms with Gasteiger partial charge in [-0.2, -0.15) is 0 Å². The number of hydrogen-bond donors (Lipinski definition) is 3. The van der Waals surface area contributed by atoms with E-state index in [2.05, 4.69) is 16.6 Å². The molecule has 0 radical (unpaired) electrons. The summed E-state index contributed by atoms with van der Waals surface area (Å²) in [5, 5.41) is 11.9. The standard InChI is InChI=1S/C14H20N2O5S/c1-4-7-15-12-6-5-11(14(17)18)8-13(12)22(19,20)16-10(2)9-21-3/h4-6,8,10,15-16H,1,7,9H2,2-3H3,(H,17,18)/t10-/m1/s1. The van der Waals surface area contributed by atoms with Crippen molar-refractivity contribution in [2.45, 2.75) is 17.9 Å². The fourth-order valence-corrected chi connectivity index (χ4v) is 3.25. The van der Waals surface area contributed by atoms with Gasteiger partial charge in [-0.15, -0.1) is 6.58 Å². The van der Waals surface area contributed by atoms with Crippen LogP contribution in [0.4, 0.5) is 5.69 Å². The van der Waals surface area contributed by atoms with Gasteiger partial charge in [-0.25, -0.2) is 17.9 Å². The van der Waals surface area contributed by atoms with Gasteiger partial charge in [-0.1, -0.05) is 6.08 Å². The maximum atomic E-state index is 12.5. The van der Waals surface area contributed by atoms with Crippen molar-refractivity contribution in [3.05, 3.63) is 36.4 Å². The number of aromatic carboxylic acids is 1. The van der Waals surface area contributed by atoms with Gasteiger partial charge >= 0.3 is 5.97 Å². The lowest BCUT2D eigenvalue weighted by Crippen LogP contribution is -2.36. The van der Waals surface area contributed by atoms with E-state index in [1.165, 1.54) is 19.2 Å². The number of methoxy groups -OCH3 is 1. The summed E-state index contributed by atoms with van der Waals surface area (Å²) in [6.07, 6.45) is 1.57. The number of carbonyl (C=O) groups is 1. The number of carboxylic acids is 1. The second kappa shape index (κ2) is 7.92. The number of ether oxygens (including phenoxy) is 1. The number of nitrogens with one attached hydrogen (secondary N) is 2. The van der Waals surface area contributed by atoms with Crippen molar-refractivity contribution in [1.82, 2.24) is 4.72 Å². The molecule has 0 heterocycles. The summed E-state index contributed by atoms with van der Waals surface area (Å²) in [5.74, 6) is -1.20. The first-order valence-electron chi connectivity index (χ1n) is 6.55. The normalized spacial score (nSPS) is 12.6. The van der Waals surface area contributed by atoms with E-state index in [0.29, 0.717) is 12.2 Å². The topological polar surface area (TPSA) is 105 Å². The Labute approximate surface area is 130 Å². The summed E-state index contributed by atoms with van der Waals surface area (Å²) in [7, 11) is -2.42. The molecule has 0 aliphatic heterocycles. The third-order valence-corrected chi connectivity index (χ3v) is 4.36. The first kappa shape index (κ1) is 18.1. The molecular weight excluding hydrogens is 308 g/mol. The summed E-state index contributed by atoms with van der Waals surface area (Å²) in [4.78, 5) is 10.9. The van der Waals surface area contributed by atoms with Crippen LogP contribution in [0.3, 0.4) is 0 Å². The molecule has 0 aromatic heterocycles. The van der Waals surface area contributed by atoms with E-state index in [0.717, 1.165) is 6.07 Å². The quantitative estimate of drug-likeness (QED) is 0.590. The molecule has 0 amide bonds. The van der Waals surface area contributed by atoms with E-state index in [1.807, 2.05) is 0 Å². The highest BCUT2D eigenvalue weighted by atomic mass is 32.2. The minimum atomic E-state index is -3.89. The van der Waals surface area contributed by atoms with E-state index in [4.69, 9.17) is 9.84 Å². The van der Waals surface area contributed by atoms with E-state index in [-0.39, 0.29) is 17.1 Å². The van der Waals surface area contributed by atoms with Crippen LogP contribution in [-0.2, 0) is 14.8 Å². The SMILES string of the molecule is C=CCNc1ccc(C(=O)O)cc1S(=O)(=O)N[C@H](C)COC. The largest absolute Gasteiger partial charge is 0.478 e. The lowest BCUT2D eigenvalue weighted by molar-refractivity contribution is 0.0696. The Morgan fingerprint density at radius 1 is 1.50 bits per heavy atom. The van der Waals surface area contributed by atoms with Crippen molar-refractivity contribution in [2.75, 3.05) is 25.6 Å². The molecule has 1 atom stereocenters. The number of sulfonamides is 1. The van der Waals surface area contributed by atoms with Gasteiger partial charge in [0.05, 0.1) is 17.9 Å². The third-order valence-electron chi connectivity index (χ3n) is 2.73. The molecule has 22 heavy (non-hydrogen) atoms. The maximum Gasteiger partial charge on any atom is 0.335 e. The highest BCUT2D eigenvalue weighted by Gasteiger charge is 2.22. The molecule has 7 nitrogen and oxygen atoms in total. The molecule has 3 N–H and O–H groups in total. The molecule has 1 aromatic carbocycles. The minimum absolute atomic E-state index is 0.107.